The van der Waals surface area contributed by atoms with Crippen molar-refractivity contribution in [1.29, 1.82) is 0 Å². The predicted octanol–water partition coefficient (Wildman–Crippen LogP) is 2.19. The molecule has 0 atom stereocenters. The molecule has 0 radical (unpaired) electrons. The van der Waals surface area contributed by atoms with Crippen LogP contribution in [0.3, 0.4) is 0 Å². The summed E-state index contributed by atoms with van der Waals surface area (Å²) < 4.78 is 0. The van der Waals surface area contributed by atoms with E-state index in [-0.39, 0.29) is 11.3 Å². The number of rotatable bonds is 6. The molecule has 15 heavy (non-hydrogen) atoms. The highest BCUT2D eigenvalue weighted by Crippen LogP contribution is 2.29. The van der Waals surface area contributed by atoms with E-state index in [9.17, 15) is 10.0 Å². The first-order valence-corrected chi connectivity index (χ1v) is 5.54. The second kappa shape index (κ2) is 6.08. The minimum atomic E-state index is -0.275. The van der Waals surface area contributed by atoms with Crippen LogP contribution in [-0.4, -0.2) is 22.8 Å². The monoisotopic (exact) mass is 216 g/mol. The van der Waals surface area contributed by atoms with Crippen LogP contribution >= 0.6 is 0 Å². The molecule has 0 heterocycles. The quantitative estimate of drug-likeness (QED) is 0.528. The lowest BCUT2D eigenvalue weighted by Gasteiger charge is -2.27. The molecule has 4 heteroatoms. The molecule has 4 nitrogen and oxygen atoms in total. The van der Waals surface area contributed by atoms with Crippen molar-refractivity contribution in [1.82, 2.24) is 10.6 Å². The van der Waals surface area contributed by atoms with Gasteiger partial charge in [-0.25, -0.2) is 5.43 Å². The van der Waals surface area contributed by atoms with Crippen LogP contribution in [-0.2, 0) is 4.79 Å². The van der Waals surface area contributed by atoms with E-state index in [2.05, 4.69) is 19.3 Å². The Morgan fingerprint density at radius 2 is 2.00 bits per heavy atom. The molecule has 0 saturated heterocycles. The molecule has 0 aliphatic heterocycles. The second-order valence-electron chi connectivity index (χ2n) is 5.16. The van der Waals surface area contributed by atoms with Gasteiger partial charge in [0, 0.05) is 13.0 Å². The average Bonchev–Trinajstić information content (AvgIpc) is 2.00. The molecule has 0 rings (SSSR count). The normalized spacial score (nSPS) is 11.9. The van der Waals surface area contributed by atoms with Gasteiger partial charge in [0.1, 0.15) is 0 Å². The maximum Gasteiger partial charge on any atom is 0.261 e. The van der Waals surface area contributed by atoms with Gasteiger partial charge in [-0.05, 0) is 17.8 Å². The van der Waals surface area contributed by atoms with Gasteiger partial charge in [0.25, 0.3) is 5.91 Å². The topological polar surface area (TPSA) is 52.6 Å². The summed E-state index contributed by atoms with van der Waals surface area (Å²) >= 11 is 0. The molecule has 2 N–H and O–H groups in total. The fraction of sp³-hybridized carbons (Fsp3) is 0.909. The van der Waals surface area contributed by atoms with Gasteiger partial charge >= 0.3 is 0 Å². The van der Waals surface area contributed by atoms with Crippen molar-refractivity contribution < 1.29 is 10.0 Å². The summed E-state index contributed by atoms with van der Waals surface area (Å²) in [7, 11) is 0. The number of nitrogens with zero attached hydrogens (tertiary/aromatic N) is 1. The van der Waals surface area contributed by atoms with E-state index in [0.29, 0.717) is 24.1 Å². The van der Waals surface area contributed by atoms with E-state index in [4.69, 9.17) is 0 Å². The van der Waals surface area contributed by atoms with E-state index in [1.54, 1.807) is 0 Å². The molecule has 0 saturated carbocycles. The molecular weight excluding hydrogens is 192 g/mol. The first-order chi connectivity index (χ1) is 6.78. The average molecular weight is 216 g/mol. The fourth-order valence-corrected chi connectivity index (χ4v) is 1.90. The molecule has 1 amide bonds. The number of carbonyl (C=O) groups is 1. The van der Waals surface area contributed by atoms with Crippen molar-refractivity contribution in [2.75, 3.05) is 6.54 Å². The number of hydrazine groups is 1. The van der Waals surface area contributed by atoms with Crippen molar-refractivity contribution in [2.45, 2.75) is 47.5 Å². The Labute approximate surface area is 92.6 Å². The molecule has 0 aliphatic carbocycles. The maximum absolute atomic E-state index is 11.5. The van der Waals surface area contributed by atoms with Crippen LogP contribution in [0, 0.1) is 11.3 Å². The van der Waals surface area contributed by atoms with E-state index < -0.39 is 0 Å². The van der Waals surface area contributed by atoms with Crippen LogP contribution in [0.4, 0.5) is 0 Å². The third-order valence-corrected chi connectivity index (χ3v) is 2.13. The van der Waals surface area contributed by atoms with Crippen molar-refractivity contribution >= 4 is 5.91 Å². The second-order valence-corrected chi connectivity index (χ2v) is 5.16. The van der Waals surface area contributed by atoms with Gasteiger partial charge < -0.3 is 0 Å². The Kier molecular flexibility index (Phi) is 5.83. The Morgan fingerprint density at radius 3 is 2.40 bits per heavy atom. The SMILES string of the molecule is CCNN(O)C(=O)CC(C)(C)CC(C)C. The summed E-state index contributed by atoms with van der Waals surface area (Å²) in [6.45, 7) is 10.7. The third kappa shape index (κ3) is 6.47. The lowest BCUT2D eigenvalue weighted by Crippen LogP contribution is -2.41. The van der Waals surface area contributed by atoms with E-state index in [0.717, 1.165) is 6.42 Å². The highest BCUT2D eigenvalue weighted by atomic mass is 16.6. The highest BCUT2D eigenvalue weighted by molar-refractivity contribution is 5.75. The Hall–Kier alpha value is -0.610. The first-order valence-electron chi connectivity index (χ1n) is 5.54. The highest BCUT2D eigenvalue weighted by Gasteiger charge is 2.25. The fourth-order valence-electron chi connectivity index (χ4n) is 1.90. The zero-order valence-electron chi connectivity index (χ0n) is 10.5. The Bertz CT molecular complexity index is 203. The van der Waals surface area contributed by atoms with E-state index >= 15 is 0 Å². The standard InChI is InChI=1S/C11H24N2O2/c1-6-12-13(15)10(14)8-11(4,5)7-9(2)3/h9,12,15H,6-8H2,1-5H3. The van der Waals surface area contributed by atoms with Crippen LogP contribution in [0.25, 0.3) is 0 Å². The molecule has 0 spiro atoms. The molecule has 0 bridgehead atoms. The van der Waals surface area contributed by atoms with Gasteiger partial charge in [-0.3, -0.25) is 10.0 Å². The maximum atomic E-state index is 11.5. The van der Waals surface area contributed by atoms with Crippen LogP contribution < -0.4 is 5.43 Å². The number of amides is 1. The van der Waals surface area contributed by atoms with Crippen LogP contribution in [0.15, 0.2) is 0 Å². The van der Waals surface area contributed by atoms with Crippen LogP contribution in [0.5, 0.6) is 0 Å². The third-order valence-electron chi connectivity index (χ3n) is 2.13. The number of hydrogen-bond acceptors (Lipinski definition) is 3. The number of carbonyl (C=O) groups excluding carboxylic acids is 1. The lowest BCUT2D eigenvalue weighted by atomic mass is 9.81. The zero-order valence-corrected chi connectivity index (χ0v) is 10.5. The van der Waals surface area contributed by atoms with Gasteiger partial charge in [-0.15, -0.1) is 0 Å². The molecule has 0 aromatic heterocycles. The summed E-state index contributed by atoms with van der Waals surface area (Å²) in [5, 5.41) is 9.89. The molecule has 0 aromatic rings. The van der Waals surface area contributed by atoms with E-state index in [1.807, 2.05) is 20.8 Å². The smallest absolute Gasteiger partial charge is 0.261 e. The van der Waals surface area contributed by atoms with Crippen molar-refractivity contribution in [2.24, 2.45) is 11.3 Å². The molecule has 90 valence electrons. The number of nitrogens with one attached hydrogen (secondary N) is 1. The Morgan fingerprint density at radius 1 is 1.47 bits per heavy atom. The first kappa shape index (κ1) is 14.4. The molecule has 0 fully saturated rings. The van der Waals surface area contributed by atoms with Crippen molar-refractivity contribution in [3.05, 3.63) is 0 Å². The van der Waals surface area contributed by atoms with E-state index in [1.165, 1.54) is 0 Å². The molecule has 0 unspecified atom stereocenters. The van der Waals surface area contributed by atoms with Gasteiger partial charge in [0.2, 0.25) is 0 Å². The van der Waals surface area contributed by atoms with Gasteiger partial charge in [-0.2, -0.15) is 5.17 Å². The van der Waals surface area contributed by atoms with Crippen molar-refractivity contribution in [3.63, 3.8) is 0 Å². The zero-order chi connectivity index (χ0) is 12.1. The van der Waals surface area contributed by atoms with Crippen LogP contribution in [0.1, 0.15) is 47.5 Å². The van der Waals surface area contributed by atoms with Gasteiger partial charge in [0.15, 0.2) is 0 Å². The molecule has 0 aromatic carbocycles. The summed E-state index contributed by atoms with van der Waals surface area (Å²) in [5.74, 6) is 0.279. The summed E-state index contributed by atoms with van der Waals surface area (Å²) in [5.41, 5.74) is 2.49. The number of hydrogen-bond donors (Lipinski definition) is 2. The summed E-state index contributed by atoms with van der Waals surface area (Å²) in [4.78, 5) is 11.5. The van der Waals surface area contributed by atoms with Crippen molar-refractivity contribution in [3.8, 4) is 0 Å². The summed E-state index contributed by atoms with van der Waals surface area (Å²) in [6, 6.07) is 0. The van der Waals surface area contributed by atoms with Crippen LogP contribution in [0.2, 0.25) is 0 Å². The Balaban J connectivity index is 4.14. The van der Waals surface area contributed by atoms with Gasteiger partial charge in [-0.1, -0.05) is 34.6 Å². The predicted molar refractivity (Wildman–Crippen MR) is 60.2 cm³/mol. The summed E-state index contributed by atoms with van der Waals surface area (Å²) in [6.07, 6.45) is 1.33. The minimum absolute atomic E-state index is 0.0678. The lowest BCUT2D eigenvalue weighted by molar-refractivity contribution is -0.182. The molecular formula is C11H24N2O2. The van der Waals surface area contributed by atoms with Gasteiger partial charge in [0.05, 0.1) is 0 Å². The molecule has 0 aliphatic rings. The minimum Gasteiger partial charge on any atom is -0.271 e. The largest absolute Gasteiger partial charge is 0.271 e. The number of hydroxylamine groups is 1.